The lowest BCUT2D eigenvalue weighted by atomic mass is 9.89. The highest BCUT2D eigenvalue weighted by Crippen LogP contribution is 2.44. The van der Waals surface area contributed by atoms with Crippen LogP contribution in [0.5, 0.6) is 5.75 Å². The molecular weight excluding hydrogens is 435 g/mol. The summed E-state index contributed by atoms with van der Waals surface area (Å²) in [6, 6.07) is 11.5. The number of ether oxygens (including phenoxy) is 1. The fraction of sp³-hybridized carbons (Fsp3) is 0.385. The van der Waals surface area contributed by atoms with Crippen molar-refractivity contribution in [3.63, 3.8) is 0 Å². The van der Waals surface area contributed by atoms with Crippen LogP contribution in [0.15, 0.2) is 42.5 Å². The molecule has 3 amide bonds. The van der Waals surface area contributed by atoms with E-state index in [2.05, 4.69) is 9.88 Å². The Labute approximate surface area is 197 Å². The first-order valence-corrected chi connectivity index (χ1v) is 11.9. The molecule has 2 saturated heterocycles. The van der Waals surface area contributed by atoms with Gasteiger partial charge in [-0.05, 0) is 43.1 Å². The summed E-state index contributed by atoms with van der Waals surface area (Å²) in [5.41, 5.74) is 3.31. The molecule has 8 heteroatoms. The van der Waals surface area contributed by atoms with Gasteiger partial charge in [0.25, 0.3) is 5.91 Å². The van der Waals surface area contributed by atoms with Crippen molar-refractivity contribution in [1.82, 2.24) is 19.7 Å². The monoisotopic (exact) mass is 462 g/mol. The summed E-state index contributed by atoms with van der Waals surface area (Å²) in [6.45, 7) is 3.15. The highest BCUT2D eigenvalue weighted by Gasteiger charge is 2.52. The molecule has 1 aromatic heterocycles. The van der Waals surface area contributed by atoms with Gasteiger partial charge < -0.3 is 14.6 Å². The van der Waals surface area contributed by atoms with Crippen LogP contribution in [0.1, 0.15) is 35.7 Å². The van der Waals surface area contributed by atoms with Gasteiger partial charge in [0.2, 0.25) is 0 Å². The summed E-state index contributed by atoms with van der Waals surface area (Å²) in [7, 11) is 1.44. The average Bonchev–Trinajstić information content (AvgIpc) is 3.54. The van der Waals surface area contributed by atoms with Gasteiger partial charge in [-0.2, -0.15) is 0 Å². The molecule has 0 spiro atoms. The van der Waals surface area contributed by atoms with Crippen molar-refractivity contribution in [2.75, 3.05) is 33.3 Å². The molecule has 3 aliphatic heterocycles. The molecule has 2 aromatic carbocycles. The van der Waals surface area contributed by atoms with E-state index in [1.54, 1.807) is 11.0 Å². The van der Waals surface area contributed by atoms with Crippen LogP contribution >= 0.6 is 0 Å². The van der Waals surface area contributed by atoms with Crippen molar-refractivity contribution in [3.05, 3.63) is 65.1 Å². The fourth-order valence-electron chi connectivity index (χ4n) is 5.77. The number of likely N-dealkylation sites (tertiary alicyclic amines) is 1. The Bertz CT molecular complexity index is 1270. The first-order valence-electron chi connectivity index (χ1n) is 11.9. The molecule has 0 bridgehead atoms. The average molecular weight is 463 g/mol. The lowest BCUT2D eigenvalue weighted by Crippen LogP contribution is -2.44. The number of halogens is 1. The zero-order valence-corrected chi connectivity index (χ0v) is 19.1. The van der Waals surface area contributed by atoms with Crippen LogP contribution in [0.25, 0.3) is 10.9 Å². The topological polar surface area (TPSA) is 68.9 Å². The van der Waals surface area contributed by atoms with Gasteiger partial charge >= 0.3 is 6.03 Å². The van der Waals surface area contributed by atoms with Crippen molar-refractivity contribution in [1.29, 1.82) is 0 Å². The van der Waals surface area contributed by atoms with E-state index >= 15 is 0 Å². The number of nitrogens with one attached hydrogen (secondary N) is 1. The number of fused-ring (bicyclic) bond motifs is 4. The Kier molecular flexibility index (Phi) is 5.06. The summed E-state index contributed by atoms with van der Waals surface area (Å²) in [4.78, 5) is 36.0. The third-order valence-electron chi connectivity index (χ3n) is 7.45. The molecule has 0 aliphatic carbocycles. The van der Waals surface area contributed by atoms with Crippen LogP contribution < -0.4 is 4.74 Å². The third-order valence-corrected chi connectivity index (χ3v) is 7.45. The van der Waals surface area contributed by atoms with Crippen LogP contribution in [0.2, 0.25) is 0 Å². The van der Waals surface area contributed by atoms with Gasteiger partial charge in [0.1, 0.15) is 12.1 Å². The van der Waals surface area contributed by atoms with Crippen molar-refractivity contribution in [2.24, 2.45) is 0 Å². The van der Waals surface area contributed by atoms with Crippen molar-refractivity contribution < 1.29 is 18.7 Å². The Morgan fingerprint density at radius 2 is 1.85 bits per heavy atom. The first kappa shape index (κ1) is 21.2. The number of rotatable bonds is 5. The van der Waals surface area contributed by atoms with E-state index in [4.69, 9.17) is 4.74 Å². The number of aromatic amines is 1. The normalized spacial score (nSPS) is 22.5. The fourth-order valence-corrected chi connectivity index (χ4v) is 5.77. The van der Waals surface area contributed by atoms with Gasteiger partial charge in [-0.15, -0.1) is 0 Å². The Hall–Kier alpha value is -3.39. The molecule has 2 atom stereocenters. The minimum Gasteiger partial charge on any atom is -0.494 e. The second-order valence-electron chi connectivity index (χ2n) is 9.31. The summed E-state index contributed by atoms with van der Waals surface area (Å²) in [6.07, 6.45) is 2.72. The maximum atomic E-state index is 14.4. The van der Waals surface area contributed by atoms with Gasteiger partial charge in [0.15, 0.2) is 11.6 Å². The van der Waals surface area contributed by atoms with E-state index in [9.17, 15) is 14.0 Å². The number of aromatic nitrogens is 1. The van der Waals surface area contributed by atoms with Gasteiger partial charge in [-0.3, -0.25) is 14.6 Å². The molecule has 3 aliphatic rings. The molecule has 2 fully saturated rings. The zero-order chi connectivity index (χ0) is 23.4. The lowest BCUT2D eigenvalue weighted by molar-refractivity contribution is -0.128. The van der Waals surface area contributed by atoms with E-state index < -0.39 is 17.9 Å². The molecule has 0 radical (unpaired) electrons. The van der Waals surface area contributed by atoms with Crippen LogP contribution in [-0.4, -0.2) is 71.0 Å². The Morgan fingerprint density at radius 1 is 1.09 bits per heavy atom. The molecule has 4 heterocycles. The Balaban J connectivity index is 1.43. The number of hydrogen-bond acceptors (Lipinski definition) is 4. The Morgan fingerprint density at radius 3 is 2.59 bits per heavy atom. The third kappa shape index (κ3) is 3.20. The summed E-state index contributed by atoms with van der Waals surface area (Å²) < 4.78 is 19.7. The predicted octanol–water partition coefficient (Wildman–Crippen LogP) is 3.69. The number of carbonyl (C=O) groups excluding carboxylic acids is 2. The first-order chi connectivity index (χ1) is 16.6. The minimum absolute atomic E-state index is 0.154. The maximum Gasteiger partial charge on any atom is 0.328 e. The number of benzene rings is 2. The number of carbonyl (C=O) groups is 2. The number of amides is 3. The van der Waals surface area contributed by atoms with Crippen LogP contribution in [0.3, 0.4) is 0 Å². The van der Waals surface area contributed by atoms with Gasteiger partial charge in [0.05, 0.1) is 7.11 Å². The van der Waals surface area contributed by atoms with Crippen molar-refractivity contribution in [3.8, 4) is 5.75 Å². The quantitative estimate of drug-likeness (QED) is 0.588. The second-order valence-corrected chi connectivity index (χ2v) is 9.31. The SMILES string of the molecule is COc1cc2c3c([nH]c2cc1F)C(c1ccccc1)N1C(=O)N(CCN2CCCC2)C(=O)C1C3. The maximum absolute atomic E-state index is 14.4. The predicted molar refractivity (Wildman–Crippen MR) is 125 cm³/mol. The zero-order valence-electron chi connectivity index (χ0n) is 19.1. The number of hydrogen-bond donors (Lipinski definition) is 1. The number of nitrogens with zero attached hydrogens (tertiary/aromatic N) is 3. The smallest absolute Gasteiger partial charge is 0.328 e. The molecule has 0 saturated carbocycles. The van der Waals surface area contributed by atoms with Crippen LogP contribution in [0.4, 0.5) is 9.18 Å². The summed E-state index contributed by atoms with van der Waals surface area (Å²) in [5.74, 6) is -0.446. The van der Waals surface area contributed by atoms with Crippen molar-refractivity contribution in [2.45, 2.75) is 31.3 Å². The van der Waals surface area contributed by atoms with E-state index in [-0.39, 0.29) is 17.7 Å². The van der Waals surface area contributed by atoms with E-state index in [0.717, 1.165) is 35.3 Å². The van der Waals surface area contributed by atoms with Gasteiger partial charge in [-0.25, -0.2) is 9.18 Å². The lowest BCUT2D eigenvalue weighted by Gasteiger charge is -2.36. The standard InChI is InChI=1S/C26H27FN4O3/c1-34-22-14-17-18-13-21-25(32)30(12-11-29-9-5-6-10-29)26(33)31(21)24(16-7-3-2-4-8-16)23(18)28-20(17)15-19(22)27/h2-4,7-8,14-15,21,24,28H,5-6,9-13H2,1H3. The van der Waals surface area contributed by atoms with Crippen LogP contribution in [0, 0.1) is 5.82 Å². The molecule has 34 heavy (non-hydrogen) atoms. The molecule has 176 valence electrons. The molecule has 3 aromatic rings. The molecule has 1 N–H and O–H groups in total. The number of urea groups is 1. The van der Waals surface area contributed by atoms with E-state index in [0.29, 0.717) is 25.0 Å². The van der Waals surface area contributed by atoms with E-state index in [1.165, 1.54) is 30.9 Å². The highest BCUT2D eigenvalue weighted by atomic mass is 19.1. The van der Waals surface area contributed by atoms with Crippen molar-refractivity contribution >= 4 is 22.8 Å². The minimum atomic E-state index is -0.584. The second kappa shape index (κ2) is 8.13. The molecule has 6 rings (SSSR count). The number of H-pyrrole nitrogens is 1. The number of imide groups is 1. The van der Waals surface area contributed by atoms with E-state index in [1.807, 2.05) is 30.3 Å². The summed E-state index contributed by atoms with van der Waals surface area (Å²) in [5, 5.41) is 0.824. The highest BCUT2D eigenvalue weighted by molar-refractivity contribution is 6.05. The van der Waals surface area contributed by atoms with Gasteiger partial charge in [0, 0.05) is 42.2 Å². The summed E-state index contributed by atoms with van der Waals surface area (Å²) >= 11 is 0. The molecule has 7 nitrogen and oxygen atoms in total. The molecular formula is C26H27FN4O3. The molecule has 2 unspecified atom stereocenters. The van der Waals surface area contributed by atoms with Gasteiger partial charge in [-0.1, -0.05) is 30.3 Å². The van der Waals surface area contributed by atoms with Crippen LogP contribution in [-0.2, 0) is 11.2 Å². The number of methoxy groups -OCH3 is 1. The largest absolute Gasteiger partial charge is 0.494 e.